The Hall–Kier alpha value is -0.120. The van der Waals surface area contributed by atoms with Crippen LogP contribution in [0.15, 0.2) is 0 Å². The van der Waals surface area contributed by atoms with Crippen LogP contribution in [0.25, 0.3) is 0 Å². The van der Waals surface area contributed by atoms with Crippen LogP contribution in [-0.2, 0) is 4.74 Å². The Kier molecular flexibility index (Phi) is 4.03. The molecular weight excluding hydrogens is 236 g/mol. The molecule has 3 heteroatoms. The van der Waals surface area contributed by atoms with Gasteiger partial charge in [0.1, 0.15) is 0 Å². The maximum absolute atomic E-state index is 6.26. The van der Waals surface area contributed by atoms with Crippen molar-refractivity contribution in [1.29, 1.82) is 0 Å². The highest BCUT2D eigenvalue weighted by Crippen LogP contribution is 2.52. The van der Waals surface area contributed by atoms with Gasteiger partial charge in [-0.15, -0.1) is 0 Å². The van der Waals surface area contributed by atoms with Gasteiger partial charge in [-0.25, -0.2) is 0 Å². The predicted octanol–water partition coefficient (Wildman–Crippen LogP) is 2.64. The summed E-state index contributed by atoms with van der Waals surface area (Å²) in [6.45, 7) is 12.6. The van der Waals surface area contributed by atoms with Crippen molar-refractivity contribution in [2.45, 2.75) is 65.0 Å². The molecule has 2 fully saturated rings. The molecule has 2 aliphatic rings. The molecule has 1 aliphatic heterocycles. The Bertz CT molecular complexity index is 309. The number of methoxy groups -OCH3 is 1. The minimum absolute atomic E-state index is 0.179. The lowest BCUT2D eigenvalue weighted by molar-refractivity contribution is -0.0393. The number of hydrogen-bond donors (Lipinski definition) is 1. The molecule has 19 heavy (non-hydrogen) atoms. The first-order valence-electron chi connectivity index (χ1n) is 7.70. The molecule has 0 bridgehead atoms. The molecule has 1 unspecified atom stereocenters. The molecule has 0 aromatic rings. The summed E-state index contributed by atoms with van der Waals surface area (Å²) in [6, 6.07) is 0. The summed E-state index contributed by atoms with van der Waals surface area (Å²) >= 11 is 0. The van der Waals surface area contributed by atoms with E-state index in [0.717, 1.165) is 26.1 Å². The molecule has 0 spiro atoms. The standard InChI is InChI=1S/C16H32N2O/c1-14(2)9-15(3,4)11-16(10-14,12-17)18-7-6-13(8-18)19-5/h13H,6-12,17H2,1-5H3. The van der Waals surface area contributed by atoms with Gasteiger partial charge in [0.25, 0.3) is 0 Å². The van der Waals surface area contributed by atoms with Crippen molar-refractivity contribution in [3.05, 3.63) is 0 Å². The van der Waals surface area contributed by atoms with Crippen LogP contribution < -0.4 is 5.73 Å². The van der Waals surface area contributed by atoms with Crippen LogP contribution in [0.4, 0.5) is 0 Å². The van der Waals surface area contributed by atoms with Gasteiger partial charge >= 0.3 is 0 Å². The maximum Gasteiger partial charge on any atom is 0.0710 e. The van der Waals surface area contributed by atoms with Crippen molar-refractivity contribution >= 4 is 0 Å². The second-order valence-electron chi connectivity index (χ2n) is 8.38. The van der Waals surface area contributed by atoms with Crippen molar-refractivity contribution in [1.82, 2.24) is 4.90 Å². The Balaban J connectivity index is 2.22. The van der Waals surface area contributed by atoms with Gasteiger partial charge in [0.2, 0.25) is 0 Å². The molecule has 1 heterocycles. The van der Waals surface area contributed by atoms with Crippen molar-refractivity contribution in [2.75, 3.05) is 26.7 Å². The zero-order valence-corrected chi connectivity index (χ0v) is 13.5. The van der Waals surface area contributed by atoms with Gasteiger partial charge in [-0.2, -0.15) is 0 Å². The lowest BCUT2D eigenvalue weighted by atomic mass is 9.58. The Morgan fingerprint density at radius 3 is 2.11 bits per heavy atom. The summed E-state index contributed by atoms with van der Waals surface area (Å²) in [5, 5.41) is 0. The Morgan fingerprint density at radius 2 is 1.68 bits per heavy atom. The Morgan fingerprint density at radius 1 is 1.11 bits per heavy atom. The fourth-order valence-corrected chi connectivity index (χ4v) is 5.11. The zero-order valence-electron chi connectivity index (χ0n) is 13.5. The smallest absolute Gasteiger partial charge is 0.0710 e. The summed E-state index contributed by atoms with van der Waals surface area (Å²) in [7, 11) is 1.83. The molecule has 1 saturated carbocycles. The third kappa shape index (κ3) is 3.14. The van der Waals surface area contributed by atoms with E-state index in [1.807, 2.05) is 7.11 Å². The number of hydrogen-bond acceptors (Lipinski definition) is 3. The van der Waals surface area contributed by atoms with Crippen LogP contribution >= 0.6 is 0 Å². The first-order chi connectivity index (χ1) is 8.72. The quantitative estimate of drug-likeness (QED) is 0.855. The van der Waals surface area contributed by atoms with Crippen LogP contribution in [0.2, 0.25) is 0 Å². The van der Waals surface area contributed by atoms with E-state index < -0.39 is 0 Å². The lowest BCUT2D eigenvalue weighted by Crippen LogP contribution is -2.60. The molecule has 0 radical (unpaired) electrons. The van der Waals surface area contributed by atoms with E-state index in [1.165, 1.54) is 19.3 Å². The minimum atomic E-state index is 0.179. The van der Waals surface area contributed by atoms with Gasteiger partial charge in [-0.05, 0) is 36.5 Å². The van der Waals surface area contributed by atoms with Crippen LogP contribution in [-0.4, -0.2) is 43.3 Å². The fraction of sp³-hybridized carbons (Fsp3) is 1.00. The fourth-order valence-electron chi connectivity index (χ4n) is 5.11. The zero-order chi connectivity index (χ0) is 14.3. The van der Waals surface area contributed by atoms with Crippen molar-refractivity contribution in [3.8, 4) is 0 Å². The van der Waals surface area contributed by atoms with E-state index in [4.69, 9.17) is 10.5 Å². The van der Waals surface area contributed by atoms with Gasteiger partial charge in [0.05, 0.1) is 6.10 Å². The summed E-state index contributed by atoms with van der Waals surface area (Å²) in [5.41, 5.74) is 7.21. The maximum atomic E-state index is 6.26. The molecule has 1 saturated heterocycles. The number of likely N-dealkylation sites (tertiary alicyclic amines) is 1. The van der Waals surface area contributed by atoms with Crippen molar-refractivity contribution < 1.29 is 4.74 Å². The molecule has 0 amide bonds. The Labute approximate surface area is 118 Å². The SMILES string of the molecule is COC1CCN(C2(CN)CC(C)(C)CC(C)(C)C2)C1. The van der Waals surface area contributed by atoms with E-state index >= 15 is 0 Å². The van der Waals surface area contributed by atoms with E-state index in [1.54, 1.807) is 0 Å². The second-order valence-corrected chi connectivity index (χ2v) is 8.38. The van der Waals surface area contributed by atoms with E-state index in [-0.39, 0.29) is 5.54 Å². The molecule has 1 atom stereocenters. The highest BCUT2D eigenvalue weighted by molar-refractivity contribution is 5.06. The van der Waals surface area contributed by atoms with Crippen LogP contribution in [0.3, 0.4) is 0 Å². The van der Waals surface area contributed by atoms with Crippen LogP contribution in [0.5, 0.6) is 0 Å². The first kappa shape index (κ1) is 15.3. The third-order valence-corrected chi connectivity index (χ3v) is 5.10. The van der Waals surface area contributed by atoms with Gasteiger partial charge in [0.15, 0.2) is 0 Å². The van der Waals surface area contributed by atoms with Crippen molar-refractivity contribution in [3.63, 3.8) is 0 Å². The van der Waals surface area contributed by atoms with E-state index in [2.05, 4.69) is 32.6 Å². The summed E-state index contributed by atoms with van der Waals surface area (Å²) in [4.78, 5) is 2.63. The predicted molar refractivity (Wildman–Crippen MR) is 80.2 cm³/mol. The summed E-state index contributed by atoms with van der Waals surface area (Å²) < 4.78 is 5.54. The highest BCUT2D eigenvalue weighted by Gasteiger charge is 2.50. The number of rotatable bonds is 3. The molecule has 2 rings (SSSR count). The molecule has 112 valence electrons. The minimum Gasteiger partial charge on any atom is -0.380 e. The average molecular weight is 268 g/mol. The largest absolute Gasteiger partial charge is 0.380 e. The third-order valence-electron chi connectivity index (χ3n) is 5.10. The van der Waals surface area contributed by atoms with Gasteiger partial charge < -0.3 is 10.5 Å². The first-order valence-corrected chi connectivity index (χ1v) is 7.70. The monoisotopic (exact) mass is 268 g/mol. The molecular formula is C16H32N2O. The van der Waals surface area contributed by atoms with Gasteiger partial charge in [-0.1, -0.05) is 27.7 Å². The van der Waals surface area contributed by atoms with Crippen LogP contribution in [0, 0.1) is 10.8 Å². The van der Waals surface area contributed by atoms with E-state index in [9.17, 15) is 0 Å². The average Bonchev–Trinajstić information content (AvgIpc) is 2.73. The second kappa shape index (κ2) is 5.01. The number of ether oxygens (including phenoxy) is 1. The number of nitrogens with two attached hydrogens (primary N) is 1. The normalized spacial score (nSPS) is 33.5. The van der Waals surface area contributed by atoms with Gasteiger partial charge in [-0.3, -0.25) is 4.90 Å². The van der Waals surface area contributed by atoms with Crippen LogP contribution in [0.1, 0.15) is 53.4 Å². The summed E-state index contributed by atoms with van der Waals surface area (Å²) in [6.07, 6.45) is 5.28. The lowest BCUT2D eigenvalue weighted by Gasteiger charge is -2.55. The molecule has 1 aliphatic carbocycles. The van der Waals surface area contributed by atoms with Gasteiger partial charge in [0, 0.05) is 32.3 Å². The van der Waals surface area contributed by atoms with E-state index in [0.29, 0.717) is 16.9 Å². The molecule has 0 aromatic carbocycles. The molecule has 2 N–H and O–H groups in total. The molecule has 0 aromatic heterocycles. The molecule has 3 nitrogen and oxygen atoms in total. The summed E-state index contributed by atoms with van der Waals surface area (Å²) in [5.74, 6) is 0. The number of nitrogens with zero attached hydrogens (tertiary/aromatic N) is 1. The van der Waals surface area contributed by atoms with Crippen molar-refractivity contribution in [2.24, 2.45) is 16.6 Å². The topological polar surface area (TPSA) is 38.5 Å². The highest BCUT2D eigenvalue weighted by atomic mass is 16.5.